The van der Waals surface area contributed by atoms with E-state index in [1.165, 1.54) is 33.0 Å². The number of fused-ring (bicyclic) bond motifs is 5. The van der Waals surface area contributed by atoms with Crippen molar-refractivity contribution >= 4 is 39.2 Å². The highest BCUT2D eigenvalue weighted by Crippen LogP contribution is 2.39. The molecule has 0 spiro atoms. The molecule has 2 aliphatic rings. The van der Waals surface area contributed by atoms with Crippen molar-refractivity contribution in [3.63, 3.8) is 0 Å². The summed E-state index contributed by atoms with van der Waals surface area (Å²) in [5, 5.41) is 2.44. The van der Waals surface area contributed by atoms with Crippen molar-refractivity contribution in [3.05, 3.63) is 132 Å². The van der Waals surface area contributed by atoms with E-state index in [0.29, 0.717) is 11.6 Å². The molecule has 4 nitrogen and oxygen atoms in total. The molecule has 4 aromatic carbocycles. The molecule has 0 atom stereocenters. The number of hydrogen-bond donors (Lipinski definition) is 0. The standard InChI is InChI=1S/C37H27N3O/c1-3-10-24(11-4-1)35-38-36(25-12-5-2-6-13-25)40-37(39-35)29-15-9-14-26(23-29)27-18-20-30-28(22-27)19-21-33-34(30)31-16-7-8-17-32(31)41-33/h1,3-5,7-17,19,21-23H,2,6,18,20H2. The fourth-order valence-electron chi connectivity index (χ4n) is 6.04. The molecule has 2 aliphatic carbocycles. The van der Waals surface area contributed by atoms with Crippen LogP contribution in [0.15, 0.2) is 114 Å². The summed E-state index contributed by atoms with van der Waals surface area (Å²) < 4.78 is 6.14. The maximum absolute atomic E-state index is 6.14. The van der Waals surface area contributed by atoms with Gasteiger partial charge in [0.05, 0.1) is 0 Å². The minimum absolute atomic E-state index is 0.693. The maximum Gasteiger partial charge on any atom is 0.164 e. The van der Waals surface area contributed by atoms with E-state index in [1.807, 2.05) is 30.3 Å². The predicted molar refractivity (Wildman–Crippen MR) is 167 cm³/mol. The fraction of sp³-hybridized carbons (Fsp3) is 0.108. The highest BCUT2D eigenvalue weighted by Gasteiger charge is 2.19. The van der Waals surface area contributed by atoms with Gasteiger partial charge in [-0.15, -0.1) is 0 Å². The topological polar surface area (TPSA) is 51.8 Å². The predicted octanol–water partition coefficient (Wildman–Crippen LogP) is 9.33. The van der Waals surface area contributed by atoms with Gasteiger partial charge in [-0.2, -0.15) is 0 Å². The van der Waals surface area contributed by atoms with Gasteiger partial charge in [0.1, 0.15) is 11.2 Å². The lowest BCUT2D eigenvalue weighted by atomic mass is 9.86. The smallest absolute Gasteiger partial charge is 0.164 e. The third kappa shape index (κ3) is 4.29. The Morgan fingerprint density at radius 1 is 0.610 bits per heavy atom. The second kappa shape index (κ2) is 9.83. The van der Waals surface area contributed by atoms with Gasteiger partial charge in [0.15, 0.2) is 17.5 Å². The fourth-order valence-corrected chi connectivity index (χ4v) is 6.04. The van der Waals surface area contributed by atoms with E-state index in [4.69, 9.17) is 19.4 Å². The molecule has 0 fully saturated rings. The molecule has 8 rings (SSSR count). The Bertz CT molecular complexity index is 2050. The number of para-hydroxylation sites is 1. The summed E-state index contributed by atoms with van der Waals surface area (Å²) in [6, 6.07) is 31.4. The Hall–Kier alpha value is -5.09. The molecule has 4 heteroatoms. The SMILES string of the molecule is C1=CC(c2nc(-c3ccccc3)nc(-c3cccc(C4=Cc5ccc6oc7ccccc7c6c5CC4)c3)n2)=CCC1. The molecule has 0 saturated heterocycles. The maximum atomic E-state index is 6.14. The van der Waals surface area contributed by atoms with Crippen LogP contribution in [-0.4, -0.2) is 15.0 Å². The van der Waals surface area contributed by atoms with Crippen LogP contribution in [0.4, 0.5) is 0 Å². The lowest BCUT2D eigenvalue weighted by Crippen LogP contribution is -2.03. The van der Waals surface area contributed by atoms with Gasteiger partial charge < -0.3 is 4.42 Å². The number of benzene rings is 4. The molecule has 6 aromatic rings. The third-order valence-corrected chi connectivity index (χ3v) is 8.07. The molecular formula is C37H27N3O. The van der Waals surface area contributed by atoms with Crippen LogP contribution in [0.5, 0.6) is 0 Å². The number of hydrogen-bond acceptors (Lipinski definition) is 4. The van der Waals surface area contributed by atoms with Crippen LogP contribution in [0.3, 0.4) is 0 Å². The largest absolute Gasteiger partial charge is 0.456 e. The van der Waals surface area contributed by atoms with Gasteiger partial charge in [-0.05, 0) is 66.1 Å². The lowest BCUT2D eigenvalue weighted by Gasteiger charge is -2.18. The third-order valence-electron chi connectivity index (χ3n) is 8.07. The summed E-state index contributed by atoms with van der Waals surface area (Å²) in [4.78, 5) is 14.8. The molecule has 0 N–H and O–H groups in total. The number of furan rings is 1. The van der Waals surface area contributed by atoms with Crippen LogP contribution >= 0.6 is 0 Å². The first kappa shape index (κ1) is 23.8. The number of aryl methyl sites for hydroxylation is 1. The number of rotatable bonds is 4. The molecular weight excluding hydrogens is 502 g/mol. The molecule has 0 amide bonds. The van der Waals surface area contributed by atoms with E-state index in [-0.39, 0.29) is 0 Å². The van der Waals surface area contributed by atoms with E-state index in [1.54, 1.807) is 0 Å². The number of nitrogens with zero attached hydrogens (tertiary/aromatic N) is 3. The number of allylic oxidation sites excluding steroid dienone is 5. The van der Waals surface area contributed by atoms with Gasteiger partial charge in [0, 0.05) is 27.5 Å². The quantitative estimate of drug-likeness (QED) is 0.228. The van der Waals surface area contributed by atoms with Crippen LogP contribution in [0, 0.1) is 0 Å². The first-order chi connectivity index (χ1) is 20.3. The summed E-state index contributed by atoms with van der Waals surface area (Å²) in [6.07, 6.45) is 12.9. The lowest BCUT2D eigenvalue weighted by molar-refractivity contribution is 0.668. The zero-order chi connectivity index (χ0) is 27.2. The van der Waals surface area contributed by atoms with E-state index in [2.05, 4.69) is 85.0 Å². The Morgan fingerprint density at radius 3 is 2.27 bits per heavy atom. The molecule has 0 bridgehead atoms. The van der Waals surface area contributed by atoms with Crippen LogP contribution in [0.25, 0.3) is 61.9 Å². The minimum Gasteiger partial charge on any atom is -0.456 e. The summed E-state index contributed by atoms with van der Waals surface area (Å²) in [7, 11) is 0. The van der Waals surface area contributed by atoms with Crippen LogP contribution in [0.2, 0.25) is 0 Å². The van der Waals surface area contributed by atoms with Crippen molar-refractivity contribution in [2.45, 2.75) is 25.7 Å². The van der Waals surface area contributed by atoms with Gasteiger partial charge in [-0.25, -0.2) is 15.0 Å². The van der Waals surface area contributed by atoms with Crippen molar-refractivity contribution in [3.8, 4) is 22.8 Å². The average Bonchev–Trinajstić information content (AvgIpc) is 3.44. The zero-order valence-electron chi connectivity index (χ0n) is 22.5. The van der Waals surface area contributed by atoms with Gasteiger partial charge in [-0.1, -0.05) is 97.1 Å². The van der Waals surface area contributed by atoms with Crippen LogP contribution in [-0.2, 0) is 6.42 Å². The normalized spacial score (nSPS) is 14.6. The summed E-state index contributed by atoms with van der Waals surface area (Å²) in [6.45, 7) is 0. The molecule has 41 heavy (non-hydrogen) atoms. The highest BCUT2D eigenvalue weighted by molar-refractivity contribution is 6.08. The van der Waals surface area contributed by atoms with Crippen molar-refractivity contribution in [2.75, 3.05) is 0 Å². The zero-order valence-corrected chi connectivity index (χ0v) is 22.5. The van der Waals surface area contributed by atoms with E-state index in [0.717, 1.165) is 59.4 Å². The first-order valence-corrected chi connectivity index (χ1v) is 14.2. The van der Waals surface area contributed by atoms with Gasteiger partial charge >= 0.3 is 0 Å². The molecule has 2 aromatic heterocycles. The minimum atomic E-state index is 0.693. The monoisotopic (exact) mass is 529 g/mol. The Balaban J connectivity index is 1.21. The molecule has 0 unspecified atom stereocenters. The van der Waals surface area contributed by atoms with Crippen molar-refractivity contribution in [2.24, 2.45) is 0 Å². The average molecular weight is 530 g/mol. The highest BCUT2D eigenvalue weighted by atomic mass is 16.3. The summed E-state index contributed by atoms with van der Waals surface area (Å²) in [5.41, 5.74) is 10.1. The van der Waals surface area contributed by atoms with Crippen molar-refractivity contribution in [1.29, 1.82) is 0 Å². The molecule has 2 heterocycles. The molecule has 0 aliphatic heterocycles. The molecule has 0 saturated carbocycles. The second-order valence-corrected chi connectivity index (χ2v) is 10.7. The van der Waals surface area contributed by atoms with Crippen molar-refractivity contribution in [1.82, 2.24) is 15.0 Å². The van der Waals surface area contributed by atoms with Crippen LogP contribution in [0.1, 0.15) is 41.8 Å². The van der Waals surface area contributed by atoms with Gasteiger partial charge in [0.25, 0.3) is 0 Å². The molecule has 196 valence electrons. The summed E-state index contributed by atoms with van der Waals surface area (Å²) >= 11 is 0. The van der Waals surface area contributed by atoms with E-state index >= 15 is 0 Å². The van der Waals surface area contributed by atoms with E-state index < -0.39 is 0 Å². The summed E-state index contributed by atoms with van der Waals surface area (Å²) in [5.74, 6) is 2.11. The number of aromatic nitrogens is 3. The Morgan fingerprint density at radius 2 is 1.39 bits per heavy atom. The Kier molecular flexibility index (Phi) is 5.70. The Labute approximate surface area is 238 Å². The molecule has 0 radical (unpaired) electrons. The van der Waals surface area contributed by atoms with E-state index in [9.17, 15) is 0 Å². The first-order valence-electron chi connectivity index (χ1n) is 14.2. The van der Waals surface area contributed by atoms with Gasteiger partial charge in [0.2, 0.25) is 0 Å². The second-order valence-electron chi connectivity index (χ2n) is 10.7. The van der Waals surface area contributed by atoms with Gasteiger partial charge in [-0.3, -0.25) is 0 Å². The van der Waals surface area contributed by atoms with Crippen LogP contribution < -0.4 is 0 Å². The van der Waals surface area contributed by atoms with Crippen molar-refractivity contribution < 1.29 is 4.42 Å².